The third-order valence-electron chi connectivity index (χ3n) is 4.25. The van der Waals surface area contributed by atoms with Crippen LogP contribution in [0.15, 0.2) is 24.3 Å². The number of amides is 1. The number of benzene rings is 1. The van der Waals surface area contributed by atoms with Crippen molar-refractivity contribution in [1.82, 2.24) is 4.90 Å². The SMILES string of the molecule is CCN(C(=O)Cc1cccc(O)c1)C1CCCC1CN. The predicted octanol–water partition coefficient (Wildman–Crippen LogP) is 1.91. The van der Waals surface area contributed by atoms with Crippen LogP contribution in [0.5, 0.6) is 5.75 Å². The number of carbonyl (C=O) groups excluding carboxylic acids is 1. The van der Waals surface area contributed by atoms with Gasteiger partial charge in [-0.25, -0.2) is 0 Å². The van der Waals surface area contributed by atoms with Gasteiger partial charge in [0.05, 0.1) is 6.42 Å². The zero-order valence-corrected chi connectivity index (χ0v) is 12.1. The number of phenols is 1. The molecule has 3 N–H and O–H groups in total. The fourth-order valence-electron chi connectivity index (χ4n) is 3.24. The molecule has 4 heteroatoms. The zero-order valence-electron chi connectivity index (χ0n) is 12.1. The predicted molar refractivity (Wildman–Crippen MR) is 79.4 cm³/mol. The first kappa shape index (κ1) is 14.9. The highest BCUT2D eigenvalue weighted by atomic mass is 16.3. The molecular weight excluding hydrogens is 252 g/mol. The molecule has 2 rings (SSSR count). The highest BCUT2D eigenvalue weighted by Gasteiger charge is 2.32. The molecule has 20 heavy (non-hydrogen) atoms. The Morgan fingerprint density at radius 3 is 2.90 bits per heavy atom. The molecule has 1 aromatic rings. The minimum atomic E-state index is 0.128. The Morgan fingerprint density at radius 2 is 2.25 bits per heavy atom. The number of hydrogen-bond donors (Lipinski definition) is 2. The minimum Gasteiger partial charge on any atom is -0.508 e. The van der Waals surface area contributed by atoms with Crippen LogP contribution in [-0.4, -0.2) is 35.0 Å². The summed E-state index contributed by atoms with van der Waals surface area (Å²) < 4.78 is 0. The van der Waals surface area contributed by atoms with Crippen LogP contribution in [-0.2, 0) is 11.2 Å². The van der Waals surface area contributed by atoms with Gasteiger partial charge in [0.1, 0.15) is 5.75 Å². The Morgan fingerprint density at radius 1 is 1.45 bits per heavy atom. The van der Waals surface area contributed by atoms with Gasteiger partial charge in [-0.2, -0.15) is 0 Å². The van der Waals surface area contributed by atoms with Crippen LogP contribution in [0.4, 0.5) is 0 Å². The molecule has 0 bridgehead atoms. The van der Waals surface area contributed by atoms with E-state index in [0.717, 1.165) is 31.4 Å². The molecule has 0 spiro atoms. The number of nitrogens with zero attached hydrogens (tertiary/aromatic N) is 1. The molecule has 2 atom stereocenters. The van der Waals surface area contributed by atoms with E-state index in [9.17, 15) is 9.90 Å². The second kappa shape index (κ2) is 6.75. The maximum atomic E-state index is 12.5. The summed E-state index contributed by atoms with van der Waals surface area (Å²) in [5.41, 5.74) is 6.68. The summed E-state index contributed by atoms with van der Waals surface area (Å²) >= 11 is 0. The van der Waals surface area contributed by atoms with E-state index in [1.807, 2.05) is 17.9 Å². The topological polar surface area (TPSA) is 66.6 Å². The van der Waals surface area contributed by atoms with Gasteiger partial charge in [-0.15, -0.1) is 0 Å². The molecule has 4 nitrogen and oxygen atoms in total. The molecule has 1 amide bonds. The maximum absolute atomic E-state index is 12.5. The van der Waals surface area contributed by atoms with Crippen molar-refractivity contribution in [3.8, 4) is 5.75 Å². The van der Waals surface area contributed by atoms with Crippen LogP contribution in [0.2, 0.25) is 0 Å². The fraction of sp³-hybridized carbons (Fsp3) is 0.562. The number of likely N-dealkylation sites (N-methyl/N-ethyl adjacent to an activating group) is 1. The third kappa shape index (κ3) is 3.31. The summed E-state index contributed by atoms with van der Waals surface area (Å²) in [7, 11) is 0. The molecule has 1 aliphatic carbocycles. The fourth-order valence-corrected chi connectivity index (χ4v) is 3.24. The van der Waals surface area contributed by atoms with Crippen molar-refractivity contribution >= 4 is 5.91 Å². The van der Waals surface area contributed by atoms with E-state index in [0.29, 0.717) is 18.9 Å². The first-order valence-electron chi connectivity index (χ1n) is 7.43. The first-order valence-corrected chi connectivity index (χ1v) is 7.43. The van der Waals surface area contributed by atoms with Crippen LogP contribution in [0.3, 0.4) is 0 Å². The maximum Gasteiger partial charge on any atom is 0.227 e. The second-order valence-electron chi connectivity index (χ2n) is 5.52. The van der Waals surface area contributed by atoms with E-state index < -0.39 is 0 Å². The van der Waals surface area contributed by atoms with Gasteiger partial charge in [0.2, 0.25) is 5.91 Å². The highest BCUT2D eigenvalue weighted by molar-refractivity contribution is 5.79. The van der Waals surface area contributed by atoms with Crippen molar-refractivity contribution in [3.05, 3.63) is 29.8 Å². The normalized spacial score (nSPS) is 21.9. The zero-order chi connectivity index (χ0) is 14.5. The smallest absolute Gasteiger partial charge is 0.227 e. The molecule has 2 unspecified atom stereocenters. The summed E-state index contributed by atoms with van der Waals surface area (Å²) in [5, 5.41) is 9.47. The monoisotopic (exact) mass is 276 g/mol. The first-order chi connectivity index (χ1) is 9.65. The molecule has 0 saturated heterocycles. The quantitative estimate of drug-likeness (QED) is 0.863. The minimum absolute atomic E-state index is 0.128. The van der Waals surface area contributed by atoms with Gasteiger partial charge < -0.3 is 15.7 Å². The van der Waals surface area contributed by atoms with Crippen molar-refractivity contribution in [2.24, 2.45) is 11.7 Å². The third-order valence-corrected chi connectivity index (χ3v) is 4.25. The van der Waals surface area contributed by atoms with Crippen LogP contribution >= 0.6 is 0 Å². The van der Waals surface area contributed by atoms with Crippen molar-refractivity contribution in [3.63, 3.8) is 0 Å². The highest BCUT2D eigenvalue weighted by Crippen LogP contribution is 2.29. The van der Waals surface area contributed by atoms with E-state index >= 15 is 0 Å². The van der Waals surface area contributed by atoms with Gasteiger partial charge in [-0.1, -0.05) is 18.6 Å². The summed E-state index contributed by atoms with van der Waals surface area (Å²) in [6.07, 6.45) is 3.68. The van der Waals surface area contributed by atoms with Crippen molar-refractivity contribution in [2.75, 3.05) is 13.1 Å². The van der Waals surface area contributed by atoms with Crippen molar-refractivity contribution in [1.29, 1.82) is 0 Å². The van der Waals surface area contributed by atoms with Crippen LogP contribution in [0, 0.1) is 5.92 Å². The Balaban J connectivity index is 2.05. The van der Waals surface area contributed by atoms with Crippen LogP contribution in [0.1, 0.15) is 31.7 Å². The van der Waals surface area contributed by atoms with E-state index in [1.165, 1.54) is 0 Å². The lowest BCUT2D eigenvalue weighted by Gasteiger charge is -2.32. The molecule has 0 aliphatic heterocycles. The Kier molecular flexibility index (Phi) is 5.01. The molecule has 0 aromatic heterocycles. The lowest BCUT2D eigenvalue weighted by Crippen LogP contribution is -2.44. The lowest BCUT2D eigenvalue weighted by atomic mass is 10.0. The van der Waals surface area contributed by atoms with Gasteiger partial charge in [-0.3, -0.25) is 4.79 Å². The summed E-state index contributed by atoms with van der Waals surface area (Å²) in [6.45, 7) is 3.39. The van der Waals surface area contributed by atoms with Gasteiger partial charge in [0.25, 0.3) is 0 Å². The Bertz CT molecular complexity index is 462. The lowest BCUT2D eigenvalue weighted by molar-refractivity contribution is -0.133. The number of hydrogen-bond acceptors (Lipinski definition) is 3. The number of phenolic OH excluding ortho intramolecular Hbond substituents is 1. The van der Waals surface area contributed by atoms with E-state index in [4.69, 9.17) is 5.73 Å². The van der Waals surface area contributed by atoms with Crippen molar-refractivity contribution < 1.29 is 9.90 Å². The molecule has 110 valence electrons. The molecule has 1 saturated carbocycles. The summed E-state index contributed by atoms with van der Waals surface area (Å²) in [5.74, 6) is 0.769. The van der Waals surface area contributed by atoms with Crippen LogP contribution in [0.25, 0.3) is 0 Å². The second-order valence-corrected chi connectivity index (χ2v) is 5.52. The van der Waals surface area contributed by atoms with Gasteiger partial charge in [-0.05, 0) is 49.9 Å². The van der Waals surface area contributed by atoms with Gasteiger partial charge in [0, 0.05) is 12.6 Å². The number of rotatable bonds is 5. The Hall–Kier alpha value is -1.55. The van der Waals surface area contributed by atoms with E-state index in [1.54, 1.807) is 18.2 Å². The van der Waals surface area contributed by atoms with Gasteiger partial charge in [0.15, 0.2) is 0 Å². The summed E-state index contributed by atoms with van der Waals surface area (Å²) in [4.78, 5) is 14.5. The van der Waals surface area contributed by atoms with E-state index in [-0.39, 0.29) is 17.7 Å². The van der Waals surface area contributed by atoms with Crippen LogP contribution < -0.4 is 5.73 Å². The van der Waals surface area contributed by atoms with E-state index in [2.05, 4.69) is 0 Å². The molecule has 0 radical (unpaired) electrons. The number of nitrogens with two attached hydrogens (primary N) is 1. The molecule has 1 fully saturated rings. The molecule has 0 heterocycles. The number of aromatic hydroxyl groups is 1. The molecular formula is C16H24N2O2. The molecule has 1 aromatic carbocycles. The van der Waals surface area contributed by atoms with Crippen molar-refractivity contribution in [2.45, 2.75) is 38.6 Å². The summed E-state index contributed by atoms with van der Waals surface area (Å²) in [6, 6.07) is 7.20. The number of carbonyl (C=O) groups is 1. The Labute approximate surface area is 120 Å². The average molecular weight is 276 g/mol. The molecule has 1 aliphatic rings. The average Bonchev–Trinajstić information content (AvgIpc) is 2.88. The standard InChI is InChI=1S/C16H24N2O2/c1-2-18(15-8-4-6-13(15)11-17)16(20)10-12-5-3-7-14(19)9-12/h3,5,7,9,13,15,19H,2,4,6,8,10-11,17H2,1H3. The largest absolute Gasteiger partial charge is 0.508 e. The van der Waals surface area contributed by atoms with Gasteiger partial charge >= 0.3 is 0 Å².